The zero-order chi connectivity index (χ0) is 7.82. The number of hydrogen-bond acceptors (Lipinski definition) is 1. The molecule has 0 amide bonds. The number of carbonyl (C=O) groups is 1. The van der Waals surface area contributed by atoms with Gasteiger partial charge in [-0.25, -0.2) is 0 Å². The van der Waals surface area contributed by atoms with Crippen molar-refractivity contribution in [3.63, 3.8) is 0 Å². The Morgan fingerprint density at radius 1 is 1.60 bits per heavy atom. The third-order valence-corrected chi connectivity index (χ3v) is 1.37. The third-order valence-electron chi connectivity index (χ3n) is 1.37. The highest BCUT2D eigenvalue weighted by Crippen LogP contribution is 2.03. The minimum absolute atomic E-state index is 0.207. The van der Waals surface area contributed by atoms with Gasteiger partial charge in [0.05, 0.1) is 0 Å². The predicted octanol–water partition coefficient (Wildman–Crippen LogP) is 2.02. The Labute approximate surface area is 62.8 Å². The lowest BCUT2D eigenvalue weighted by Crippen LogP contribution is -1.93. The lowest BCUT2D eigenvalue weighted by molar-refractivity contribution is -0.110. The van der Waals surface area contributed by atoms with Crippen LogP contribution in [0, 0.1) is 17.8 Å². The van der Waals surface area contributed by atoms with E-state index < -0.39 is 0 Å². The summed E-state index contributed by atoms with van der Waals surface area (Å²) < 4.78 is 0. The van der Waals surface area contributed by atoms with Crippen LogP contribution in [0.2, 0.25) is 0 Å². The van der Waals surface area contributed by atoms with Gasteiger partial charge in [0.1, 0.15) is 6.29 Å². The van der Waals surface area contributed by atoms with Gasteiger partial charge in [0.2, 0.25) is 0 Å². The van der Waals surface area contributed by atoms with Crippen molar-refractivity contribution in [3.8, 4) is 11.8 Å². The molecule has 0 aliphatic heterocycles. The summed E-state index contributed by atoms with van der Waals surface area (Å²) in [5.41, 5.74) is 0. The number of hydrogen-bond donors (Lipinski definition) is 0. The highest BCUT2D eigenvalue weighted by atomic mass is 16.1. The summed E-state index contributed by atoms with van der Waals surface area (Å²) in [6.45, 7) is 3.77. The lowest BCUT2D eigenvalue weighted by atomic mass is 10.1. The average Bonchev–Trinajstić information content (AvgIpc) is 1.98. The Morgan fingerprint density at radius 2 is 2.30 bits per heavy atom. The molecule has 0 saturated heterocycles. The average molecular weight is 138 g/mol. The first-order valence-corrected chi connectivity index (χ1v) is 3.66. The topological polar surface area (TPSA) is 17.1 Å². The van der Waals surface area contributed by atoms with E-state index in [4.69, 9.17) is 0 Å². The van der Waals surface area contributed by atoms with E-state index in [9.17, 15) is 4.79 Å². The van der Waals surface area contributed by atoms with Crippen LogP contribution in [-0.4, -0.2) is 6.29 Å². The van der Waals surface area contributed by atoms with E-state index in [-0.39, 0.29) is 5.92 Å². The number of unbranched alkanes of at least 4 members (excludes halogenated alkanes) is 1. The normalized spacial score (nSPS) is 11.4. The standard InChI is InChI=1S/C9H14O/c1-3-4-5-6-7-9(2)8-10/h8-9H,5-7H2,1-2H3/t9-/m1/s1. The Hall–Kier alpha value is -0.770. The molecule has 0 rings (SSSR count). The fourth-order valence-electron chi connectivity index (χ4n) is 0.705. The molecule has 1 heteroatoms. The fourth-order valence-corrected chi connectivity index (χ4v) is 0.705. The van der Waals surface area contributed by atoms with Crippen molar-refractivity contribution in [2.45, 2.75) is 33.1 Å². The molecule has 0 aliphatic carbocycles. The van der Waals surface area contributed by atoms with Crippen LogP contribution in [0.4, 0.5) is 0 Å². The molecule has 0 aromatic rings. The SMILES string of the molecule is CC#CCCC[C@@H](C)C=O. The first kappa shape index (κ1) is 9.23. The molecule has 0 aromatic heterocycles. The van der Waals surface area contributed by atoms with E-state index in [0.29, 0.717) is 0 Å². The van der Waals surface area contributed by atoms with Crippen LogP contribution in [0.25, 0.3) is 0 Å². The first-order valence-electron chi connectivity index (χ1n) is 3.66. The molecule has 0 unspecified atom stereocenters. The Morgan fingerprint density at radius 3 is 2.80 bits per heavy atom. The first-order chi connectivity index (χ1) is 4.81. The van der Waals surface area contributed by atoms with Gasteiger partial charge in [-0.15, -0.1) is 11.8 Å². The van der Waals surface area contributed by atoms with E-state index in [1.54, 1.807) is 0 Å². The summed E-state index contributed by atoms with van der Waals surface area (Å²) in [6.07, 6.45) is 3.94. The van der Waals surface area contributed by atoms with Crippen LogP contribution in [0.5, 0.6) is 0 Å². The number of rotatable bonds is 4. The smallest absolute Gasteiger partial charge is 0.122 e. The maximum Gasteiger partial charge on any atom is 0.122 e. The summed E-state index contributed by atoms with van der Waals surface area (Å²) in [5.74, 6) is 5.99. The van der Waals surface area contributed by atoms with Crippen LogP contribution in [-0.2, 0) is 4.79 Å². The molecular formula is C9H14O. The third kappa shape index (κ3) is 5.37. The van der Waals surface area contributed by atoms with Gasteiger partial charge >= 0.3 is 0 Å². The minimum atomic E-state index is 0.207. The second kappa shape index (κ2) is 6.35. The molecule has 0 saturated carbocycles. The van der Waals surface area contributed by atoms with Gasteiger partial charge in [-0.1, -0.05) is 6.92 Å². The van der Waals surface area contributed by atoms with Crippen molar-refractivity contribution >= 4 is 6.29 Å². The van der Waals surface area contributed by atoms with Crippen molar-refractivity contribution in [1.29, 1.82) is 0 Å². The Bertz CT molecular complexity index is 139. The molecule has 10 heavy (non-hydrogen) atoms. The highest BCUT2D eigenvalue weighted by Gasteiger charge is 1.96. The largest absolute Gasteiger partial charge is 0.303 e. The molecule has 0 fully saturated rings. The molecule has 0 radical (unpaired) electrons. The maximum absolute atomic E-state index is 10.1. The second-order valence-electron chi connectivity index (χ2n) is 2.43. The van der Waals surface area contributed by atoms with E-state index in [1.165, 1.54) is 0 Å². The molecule has 0 heterocycles. The molecule has 1 nitrogen and oxygen atoms in total. The van der Waals surface area contributed by atoms with Crippen molar-refractivity contribution in [2.75, 3.05) is 0 Å². The Kier molecular flexibility index (Phi) is 5.86. The van der Waals surface area contributed by atoms with Gasteiger partial charge in [0.15, 0.2) is 0 Å². The van der Waals surface area contributed by atoms with Gasteiger partial charge in [0, 0.05) is 12.3 Å². The molecule has 0 aliphatic rings. The monoisotopic (exact) mass is 138 g/mol. The van der Waals surface area contributed by atoms with Crippen LogP contribution < -0.4 is 0 Å². The number of carbonyl (C=O) groups excluding carboxylic acids is 1. The van der Waals surface area contributed by atoms with Gasteiger partial charge in [0.25, 0.3) is 0 Å². The molecule has 0 N–H and O–H groups in total. The summed E-state index contributed by atoms with van der Waals surface area (Å²) in [5, 5.41) is 0. The summed E-state index contributed by atoms with van der Waals surface area (Å²) in [4.78, 5) is 10.1. The Balaban J connectivity index is 3.16. The van der Waals surface area contributed by atoms with E-state index in [2.05, 4.69) is 11.8 Å². The summed E-state index contributed by atoms with van der Waals surface area (Å²) >= 11 is 0. The molecule has 1 atom stereocenters. The minimum Gasteiger partial charge on any atom is -0.303 e. The summed E-state index contributed by atoms with van der Waals surface area (Å²) in [7, 11) is 0. The zero-order valence-corrected chi connectivity index (χ0v) is 6.68. The van der Waals surface area contributed by atoms with Crippen LogP contribution in [0.15, 0.2) is 0 Å². The van der Waals surface area contributed by atoms with Crippen LogP contribution in [0.3, 0.4) is 0 Å². The van der Waals surface area contributed by atoms with Crippen molar-refractivity contribution in [2.24, 2.45) is 5.92 Å². The molecule has 0 bridgehead atoms. The summed E-state index contributed by atoms with van der Waals surface area (Å²) in [6, 6.07) is 0. The molecular weight excluding hydrogens is 124 g/mol. The van der Waals surface area contributed by atoms with Gasteiger partial charge in [-0.3, -0.25) is 0 Å². The highest BCUT2D eigenvalue weighted by molar-refractivity contribution is 5.52. The van der Waals surface area contributed by atoms with Gasteiger partial charge in [-0.05, 0) is 19.8 Å². The van der Waals surface area contributed by atoms with E-state index >= 15 is 0 Å². The number of aldehydes is 1. The molecule has 0 spiro atoms. The van der Waals surface area contributed by atoms with Crippen LogP contribution >= 0.6 is 0 Å². The van der Waals surface area contributed by atoms with E-state index in [0.717, 1.165) is 25.5 Å². The lowest BCUT2D eigenvalue weighted by Gasteiger charge is -1.97. The van der Waals surface area contributed by atoms with Crippen molar-refractivity contribution < 1.29 is 4.79 Å². The quantitative estimate of drug-likeness (QED) is 0.330. The predicted molar refractivity (Wildman–Crippen MR) is 42.5 cm³/mol. The maximum atomic E-state index is 10.1. The zero-order valence-electron chi connectivity index (χ0n) is 6.68. The van der Waals surface area contributed by atoms with E-state index in [1.807, 2.05) is 13.8 Å². The second-order valence-corrected chi connectivity index (χ2v) is 2.43. The van der Waals surface area contributed by atoms with Gasteiger partial charge in [-0.2, -0.15) is 0 Å². The fraction of sp³-hybridized carbons (Fsp3) is 0.667. The van der Waals surface area contributed by atoms with Crippen molar-refractivity contribution in [1.82, 2.24) is 0 Å². The van der Waals surface area contributed by atoms with Crippen molar-refractivity contribution in [3.05, 3.63) is 0 Å². The molecule has 0 aromatic carbocycles. The van der Waals surface area contributed by atoms with Gasteiger partial charge < -0.3 is 4.79 Å². The van der Waals surface area contributed by atoms with Crippen LogP contribution in [0.1, 0.15) is 33.1 Å². The molecule has 56 valence electrons.